The Morgan fingerprint density at radius 3 is 2.52 bits per heavy atom. The second-order valence-electron chi connectivity index (χ2n) is 6.34. The maximum absolute atomic E-state index is 12.5. The van der Waals surface area contributed by atoms with Crippen LogP contribution in [0.1, 0.15) is 35.3 Å². The maximum atomic E-state index is 12.5. The van der Waals surface area contributed by atoms with Gasteiger partial charge in [-0.3, -0.25) is 9.78 Å². The highest BCUT2D eigenvalue weighted by molar-refractivity contribution is 6.30. The molecule has 0 bridgehead atoms. The van der Waals surface area contributed by atoms with Gasteiger partial charge in [-0.05, 0) is 55.7 Å². The number of hydrogen-bond donors (Lipinski definition) is 1. The number of nitrogens with zero attached hydrogens (tertiary/aromatic N) is 1. The second-order valence-corrected chi connectivity index (χ2v) is 6.77. The first-order chi connectivity index (χ1) is 12.0. The minimum atomic E-state index is -0.0706. The summed E-state index contributed by atoms with van der Waals surface area (Å²) in [6.45, 7) is 5.99. The van der Waals surface area contributed by atoms with Crippen molar-refractivity contribution in [2.24, 2.45) is 0 Å². The van der Waals surface area contributed by atoms with Crippen LogP contribution in [0, 0.1) is 13.8 Å². The molecule has 1 heterocycles. The summed E-state index contributed by atoms with van der Waals surface area (Å²) in [6, 6.07) is 15.5. The summed E-state index contributed by atoms with van der Waals surface area (Å²) in [4.78, 5) is 17.2. The summed E-state index contributed by atoms with van der Waals surface area (Å²) in [6.07, 6.45) is 0.327. The molecule has 0 saturated carbocycles. The van der Waals surface area contributed by atoms with Crippen LogP contribution in [0.2, 0.25) is 5.02 Å². The van der Waals surface area contributed by atoms with Crippen LogP contribution < -0.4 is 5.32 Å². The molecule has 1 atom stereocenters. The minimum absolute atomic E-state index is 0.00858. The highest BCUT2D eigenvalue weighted by atomic mass is 35.5. The molecule has 0 aliphatic rings. The quantitative estimate of drug-likeness (QED) is 0.723. The van der Waals surface area contributed by atoms with E-state index in [4.69, 9.17) is 11.6 Å². The van der Waals surface area contributed by atoms with E-state index in [1.807, 2.05) is 56.3 Å². The molecule has 0 spiro atoms. The molecule has 1 aromatic heterocycles. The maximum Gasteiger partial charge on any atom is 0.224 e. The van der Waals surface area contributed by atoms with E-state index in [2.05, 4.69) is 23.3 Å². The van der Waals surface area contributed by atoms with Gasteiger partial charge < -0.3 is 5.32 Å². The second kappa shape index (κ2) is 7.24. The molecule has 25 heavy (non-hydrogen) atoms. The van der Waals surface area contributed by atoms with E-state index in [-0.39, 0.29) is 11.9 Å². The number of aryl methyl sites for hydroxylation is 2. The predicted octanol–water partition coefficient (Wildman–Crippen LogP) is 4.92. The fourth-order valence-electron chi connectivity index (χ4n) is 3.12. The van der Waals surface area contributed by atoms with Crippen molar-refractivity contribution in [3.63, 3.8) is 0 Å². The third-order valence-electron chi connectivity index (χ3n) is 4.57. The van der Waals surface area contributed by atoms with Crippen molar-refractivity contribution in [3.8, 4) is 0 Å². The lowest BCUT2D eigenvalue weighted by molar-refractivity contribution is -0.121. The monoisotopic (exact) mass is 352 g/mol. The van der Waals surface area contributed by atoms with E-state index < -0.39 is 0 Å². The number of fused-ring (bicyclic) bond motifs is 1. The number of aromatic nitrogens is 1. The first-order valence-corrected chi connectivity index (χ1v) is 8.73. The van der Waals surface area contributed by atoms with Crippen molar-refractivity contribution >= 4 is 28.4 Å². The van der Waals surface area contributed by atoms with Crippen LogP contribution in [-0.4, -0.2) is 10.9 Å². The summed E-state index contributed by atoms with van der Waals surface area (Å²) in [5.41, 5.74) is 5.03. The summed E-state index contributed by atoms with van der Waals surface area (Å²) < 4.78 is 0. The van der Waals surface area contributed by atoms with Gasteiger partial charge in [-0.15, -0.1) is 0 Å². The van der Waals surface area contributed by atoms with Gasteiger partial charge in [-0.25, -0.2) is 0 Å². The molecular weight excluding hydrogens is 332 g/mol. The Labute approximate surface area is 153 Å². The molecular formula is C21H21ClN2O. The van der Waals surface area contributed by atoms with Gasteiger partial charge in [0, 0.05) is 16.1 Å². The van der Waals surface area contributed by atoms with Crippen molar-refractivity contribution in [1.82, 2.24) is 10.3 Å². The van der Waals surface area contributed by atoms with Crippen LogP contribution in [-0.2, 0) is 11.2 Å². The summed E-state index contributed by atoms with van der Waals surface area (Å²) >= 11 is 5.92. The smallest absolute Gasteiger partial charge is 0.224 e. The van der Waals surface area contributed by atoms with E-state index in [0.29, 0.717) is 11.4 Å². The molecule has 0 aliphatic heterocycles. The number of carbonyl (C=O) groups is 1. The highest BCUT2D eigenvalue weighted by Crippen LogP contribution is 2.23. The Kier molecular flexibility index (Phi) is 5.05. The van der Waals surface area contributed by atoms with Gasteiger partial charge in [0.25, 0.3) is 0 Å². The number of nitrogens with one attached hydrogen (secondary N) is 1. The van der Waals surface area contributed by atoms with Gasteiger partial charge in [0.05, 0.1) is 18.0 Å². The molecule has 1 amide bonds. The number of halogens is 1. The molecule has 1 N–H and O–H groups in total. The molecule has 2 aromatic carbocycles. The average molecular weight is 353 g/mol. The number of para-hydroxylation sites is 1. The summed E-state index contributed by atoms with van der Waals surface area (Å²) in [5.74, 6) is -0.00858. The highest BCUT2D eigenvalue weighted by Gasteiger charge is 2.15. The number of amides is 1. The Bertz CT molecular complexity index is 919. The molecule has 0 fully saturated rings. The number of pyridine rings is 1. The van der Waals surface area contributed by atoms with Gasteiger partial charge in [0.15, 0.2) is 0 Å². The van der Waals surface area contributed by atoms with E-state index in [1.54, 1.807) is 0 Å². The lowest BCUT2D eigenvalue weighted by atomic mass is 9.99. The number of hydrogen-bond acceptors (Lipinski definition) is 2. The van der Waals surface area contributed by atoms with Crippen LogP contribution >= 0.6 is 11.6 Å². The zero-order valence-corrected chi connectivity index (χ0v) is 15.4. The van der Waals surface area contributed by atoms with Crippen LogP contribution in [0.4, 0.5) is 0 Å². The van der Waals surface area contributed by atoms with Gasteiger partial charge in [-0.2, -0.15) is 0 Å². The number of benzene rings is 2. The standard InChI is InChI=1S/C21H21ClN2O/c1-13-18-6-4-5-7-20(18)23-15(3)19(13)12-21(25)24-14(2)16-8-10-17(22)11-9-16/h4-11,14H,12H2,1-3H3,(H,24,25). The number of carbonyl (C=O) groups excluding carboxylic acids is 1. The largest absolute Gasteiger partial charge is 0.349 e. The fourth-order valence-corrected chi connectivity index (χ4v) is 3.24. The Morgan fingerprint density at radius 2 is 1.80 bits per heavy atom. The molecule has 3 rings (SSSR count). The van der Waals surface area contributed by atoms with E-state index >= 15 is 0 Å². The van der Waals surface area contributed by atoms with Crippen LogP contribution in [0.5, 0.6) is 0 Å². The summed E-state index contributed by atoms with van der Waals surface area (Å²) in [7, 11) is 0. The van der Waals surface area contributed by atoms with E-state index in [1.165, 1.54) is 0 Å². The zero-order chi connectivity index (χ0) is 18.0. The SMILES string of the molecule is Cc1nc2ccccc2c(C)c1CC(=O)NC(C)c1ccc(Cl)cc1. The molecule has 0 aliphatic carbocycles. The predicted molar refractivity (Wildman–Crippen MR) is 103 cm³/mol. The van der Waals surface area contributed by atoms with Crippen LogP contribution in [0.3, 0.4) is 0 Å². The Morgan fingerprint density at radius 1 is 1.12 bits per heavy atom. The zero-order valence-electron chi connectivity index (χ0n) is 14.6. The topological polar surface area (TPSA) is 42.0 Å². The Balaban J connectivity index is 1.79. The molecule has 3 aromatic rings. The van der Waals surface area contributed by atoms with Gasteiger partial charge in [0.2, 0.25) is 5.91 Å². The third kappa shape index (κ3) is 3.83. The molecule has 128 valence electrons. The third-order valence-corrected chi connectivity index (χ3v) is 4.82. The van der Waals surface area contributed by atoms with Crippen molar-refractivity contribution in [1.29, 1.82) is 0 Å². The molecule has 0 radical (unpaired) electrons. The van der Waals surface area contributed by atoms with Crippen LogP contribution in [0.15, 0.2) is 48.5 Å². The molecule has 4 heteroatoms. The summed E-state index contributed by atoms with van der Waals surface area (Å²) in [5, 5.41) is 4.85. The Hall–Kier alpha value is -2.39. The first kappa shape index (κ1) is 17.4. The van der Waals surface area contributed by atoms with Crippen LogP contribution in [0.25, 0.3) is 10.9 Å². The van der Waals surface area contributed by atoms with E-state index in [9.17, 15) is 4.79 Å². The van der Waals surface area contributed by atoms with Gasteiger partial charge in [0.1, 0.15) is 0 Å². The lowest BCUT2D eigenvalue weighted by Crippen LogP contribution is -2.28. The number of rotatable bonds is 4. The molecule has 1 unspecified atom stereocenters. The fraction of sp³-hybridized carbons (Fsp3) is 0.238. The van der Waals surface area contributed by atoms with Gasteiger partial charge in [-0.1, -0.05) is 41.9 Å². The van der Waals surface area contributed by atoms with E-state index in [0.717, 1.165) is 33.3 Å². The normalized spacial score (nSPS) is 12.2. The lowest BCUT2D eigenvalue weighted by Gasteiger charge is -2.16. The van der Waals surface area contributed by atoms with Crippen molar-refractivity contribution in [2.45, 2.75) is 33.2 Å². The molecule has 0 saturated heterocycles. The van der Waals surface area contributed by atoms with Crippen molar-refractivity contribution in [3.05, 3.63) is 75.9 Å². The van der Waals surface area contributed by atoms with Crippen molar-refractivity contribution in [2.75, 3.05) is 0 Å². The van der Waals surface area contributed by atoms with Crippen molar-refractivity contribution < 1.29 is 4.79 Å². The first-order valence-electron chi connectivity index (χ1n) is 8.35. The minimum Gasteiger partial charge on any atom is -0.349 e. The van der Waals surface area contributed by atoms with Gasteiger partial charge >= 0.3 is 0 Å². The average Bonchev–Trinajstić information content (AvgIpc) is 2.59. The molecule has 3 nitrogen and oxygen atoms in total.